The number of rotatable bonds is 1. The third kappa shape index (κ3) is 1.82. The normalized spacial score (nSPS) is 11.0. The first-order valence-electron chi connectivity index (χ1n) is 3.65. The van der Waals surface area contributed by atoms with E-state index in [1.807, 2.05) is 0 Å². The maximum absolute atomic E-state index is 6.15. The second kappa shape index (κ2) is 3.93. The molecule has 1 aromatic carbocycles. The predicted molar refractivity (Wildman–Crippen MR) is 69.1 cm³/mol. The maximum Gasteiger partial charge on any atom is 0.0636 e. The third-order valence-corrected chi connectivity index (χ3v) is 4.59. The fraction of sp³-hybridized carbons (Fsp3) is 0.111. The van der Waals surface area contributed by atoms with Crippen molar-refractivity contribution in [1.82, 2.24) is 0 Å². The van der Waals surface area contributed by atoms with Crippen molar-refractivity contribution in [2.75, 3.05) is 0 Å². The maximum atomic E-state index is 6.15. The van der Waals surface area contributed by atoms with Crippen LogP contribution in [0.15, 0.2) is 18.2 Å². The van der Waals surface area contributed by atoms with E-state index in [-0.39, 0.29) is 0 Å². The van der Waals surface area contributed by atoms with Crippen LogP contribution < -0.4 is 0 Å². The minimum atomic E-state index is 0.495. The number of hydrogen-bond donors (Lipinski definition) is 0. The van der Waals surface area contributed by atoms with Gasteiger partial charge in [-0.2, -0.15) is 0 Å². The molecule has 0 aliphatic rings. The topological polar surface area (TPSA) is 0 Å². The summed E-state index contributed by atoms with van der Waals surface area (Å²) in [7, 11) is 0. The molecule has 0 fully saturated rings. The zero-order valence-corrected chi connectivity index (χ0v) is 11.0. The van der Waals surface area contributed by atoms with E-state index in [1.165, 1.54) is 8.27 Å². The first-order valence-corrected chi connectivity index (χ1v) is 6.45. The van der Waals surface area contributed by atoms with E-state index < -0.39 is 0 Å². The van der Waals surface area contributed by atoms with Crippen LogP contribution in [0.5, 0.6) is 0 Å². The standard InChI is InChI=1S/C9H5Cl2IS/c10-4-8-9(11)6-3-5(12)1-2-7(6)13-8/h1-3H,4H2. The van der Waals surface area contributed by atoms with Crippen LogP contribution in [0.2, 0.25) is 5.02 Å². The van der Waals surface area contributed by atoms with Crippen LogP contribution in [0.3, 0.4) is 0 Å². The van der Waals surface area contributed by atoms with Crippen LogP contribution in [0.1, 0.15) is 4.88 Å². The number of hydrogen-bond acceptors (Lipinski definition) is 1. The van der Waals surface area contributed by atoms with E-state index in [0.29, 0.717) is 5.88 Å². The van der Waals surface area contributed by atoms with E-state index >= 15 is 0 Å². The van der Waals surface area contributed by atoms with Gasteiger partial charge in [0.05, 0.1) is 10.9 Å². The molecule has 0 saturated carbocycles. The summed E-state index contributed by atoms with van der Waals surface area (Å²) in [4.78, 5) is 1.06. The quantitative estimate of drug-likeness (QED) is 0.511. The Bertz CT molecular complexity index is 450. The van der Waals surface area contributed by atoms with Crippen LogP contribution >= 0.6 is 57.1 Å². The monoisotopic (exact) mass is 342 g/mol. The van der Waals surface area contributed by atoms with Gasteiger partial charge in [0, 0.05) is 18.5 Å². The Balaban J connectivity index is 2.77. The van der Waals surface area contributed by atoms with E-state index in [0.717, 1.165) is 15.3 Å². The molecule has 1 aromatic heterocycles. The SMILES string of the molecule is ClCc1sc2ccc(I)cc2c1Cl. The van der Waals surface area contributed by atoms with Gasteiger partial charge in [-0.3, -0.25) is 0 Å². The lowest BCUT2D eigenvalue weighted by Gasteiger charge is -1.91. The van der Waals surface area contributed by atoms with Gasteiger partial charge in [0.1, 0.15) is 0 Å². The molecule has 0 nitrogen and oxygen atoms in total. The largest absolute Gasteiger partial charge is 0.137 e. The number of alkyl halides is 1. The summed E-state index contributed by atoms with van der Waals surface area (Å²) < 4.78 is 2.41. The Morgan fingerprint density at radius 3 is 2.85 bits per heavy atom. The summed E-state index contributed by atoms with van der Waals surface area (Å²) in [5.41, 5.74) is 0. The van der Waals surface area contributed by atoms with E-state index in [2.05, 4.69) is 40.8 Å². The van der Waals surface area contributed by atoms with E-state index in [1.54, 1.807) is 11.3 Å². The molecule has 68 valence electrons. The Kier molecular flexibility index (Phi) is 3.03. The van der Waals surface area contributed by atoms with Crippen molar-refractivity contribution in [2.24, 2.45) is 0 Å². The summed E-state index contributed by atoms with van der Waals surface area (Å²) in [6.07, 6.45) is 0. The van der Waals surface area contributed by atoms with Crippen molar-refractivity contribution < 1.29 is 0 Å². The number of thiophene rings is 1. The second-order valence-corrected chi connectivity index (χ2v) is 5.64. The Labute approximate surface area is 104 Å². The van der Waals surface area contributed by atoms with E-state index in [4.69, 9.17) is 23.2 Å². The molecule has 0 unspecified atom stereocenters. The molecule has 0 atom stereocenters. The summed E-state index contributed by atoms with van der Waals surface area (Å²) >= 11 is 15.9. The molecule has 4 heteroatoms. The van der Waals surface area contributed by atoms with Crippen molar-refractivity contribution >= 4 is 67.2 Å². The van der Waals surface area contributed by atoms with Crippen molar-refractivity contribution in [1.29, 1.82) is 0 Å². The van der Waals surface area contributed by atoms with Crippen molar-refractivity contribution in [2.45, 2.75) is 5.88 Å². The zero-order valence-electron chi connectivity index (χ0n) is 6.48. The summed E-state index contributed by atoms with van der Waals surface area (Å²) in [5.74, 6) is 0.495. The van der Waals surface area contributed by atoms with Crippen molar-refractivity contribution in [3.8, 4) is 0 Å². The lowest BCUT2D eigenvalue weighted by Crippen LogP contribution is -1.70. The molecule has 1 heterocycles. The average Bonchev–Trinajstić information content (AvgIpc) is 2.44. The van der Waals surface area contributed by atoms with Crippen molar-refractivity contribution in [3.63, 3.8) is 0 Å². The van der Waals surface area contributed by atoms with Crippen LogP contribution in [0.25, 0.3) is 10.1 Å². The number of halogens is 3. The average molecular weight is 343 g/mol. The first kappa shape index (κ1) is 10.0. The first-order chi connectivity index (χ1) is 6.22. The van der Waals surface area contributed by atoms with Crippen LogP contribution in [0, 0.1) is 3.57 Å². The van der Waals surface area contributed by atoms with E-state index in [9.17, 15) is 0 Å². The Morgan fingerprint density at radius 1 is 1.38 bits per heavy atom. The Morgan fingerprint density at radius 2 is 2.15 bits per heavy atom. The molecule has 0 amide bonds. The predicted octanol–water partition coefficient (Wildman–Crippen LogP) is 4.90. The van der Waals surface area contributed by atoms with Crippen LogP contribution in [-0.2, 0) is 5.88 Å². The van der Waals surface area contributed by atoms with Gasteiger partial charge in [0.2, 0.25) is 0 Å². The van der Waals surface area contributed by atoms with Gasteiger partial charge in [0.25, 0.3) is 0 Å². The molecule has 0 aliphatic heterocycles. The smallest absolute Gasteiger partial charge is 0.0636 e. The highest BCUT2D eigenvalue weighted by Crippen LogP contribution is 2.36. The zero-order chi connectivity index (χ0) is 9.42. The molecular formula is C9H5Cl2IS. The molecule has 0 saturated heterocycles. The fourth-order valence-electron chi connectivity index (χ4n) is 1.18. The lowest BCUT2D eigenvalue weighted by atomic mass is 10.2. The van der Waals surface area contributed by atoms with Gasteiger partial charge >= 0.3 is 0 Å². The van der Waals surface area contributed by atoms with Gasteiger partial charge in [-0.25, -0.2) is 0 Å². The molecule has 2 rings (SSSR count). The molecular weight excluding hydrogens is 338 g/mol. The van der Waals surface area contributed by atoms with Gasteiger partial charge in [-0.15, -0.1) is 22.9 Å². The Hall–Kier alpha value is 0.490. The van der Waals surface area contributed by atoms with Crippen LogP contribution in [0.4, 0.5) is 0 Å². The summed E-state index contributed by atoms with van der Waals surface area (Å²) in [5, 5.41) is 1.93. The minimum absolute atomic E-state index is 0.495. The second-order valence-electron chi connectivity index (χ2n) is 2.61. The van der Waals surface area contributed by atoms with Gasteiger partial charge < -0.3 is 0 Å². The summed E-state index contributed by atoms with van der Waals surface area (Å²) in [6, 6.07) is 6.25. The van der Waals surface area contributed by atoms with Gasteiger partial charge in [-0.1, -0.05) is 11.6 Å². The highest BCUT2D eigenvalue weighted by molar-refractivity contribution is 14.1. The number of fused-ring (bicyclic) bond motifs is 1. The molecule has 0 N–H and O–H groups in total. The molecule has 13 heavy (non-hydrogen) atoms. The van der Waals surface area contributed by atoms with Gasteiger partial charge in [-0.05, 0) is 40.8 Å². The molecule has 0 spiro atoms. The molecule has 0 bridgehead atoms. The molecule has 2 aromatic rings. The highest BCUT2D eigenvalue weighted by Gasteiger charge is 2.08. The summed E-state index contributed by atoms with van der Waals surface area (Å²) in [6.45, 7) is 0. The lowest BCUT2D eigenvalue weighted by molar-refractivity contribution is 1.54. The highest BCUT2D eigenvalue weighted by atomic mass is 127. The van der Waals surface area contributed by atoms with Crippen molar-refractivity contribution in [3.05, 3.63) is 31.7 Å². The molecule has 0 aliphatic carbocycles. The van der Waals surface area contributed by atoms with Crippen LogP contribution in [-0.4, -0.2) is 0 Å². The van der Waals surface area contributed by atoms with Gasteiger partial charge in [0.15, 0.2) is 0 Å². The number of benzene rings is 1. The molecule has 0 radical (unpaired) electrons. The minimum Gasteiger partial charge on any atom is -0.137 e. The fourth-order valence-corrected chi connectivity index (χ4v) is 3.35. The third-order valence-electron chi connectivity index (χ3n) is 1.78.